The van der Waals surface area contributed by atoms with Crippen LogP contribution in [-0.4, -0.2) is 26.8 Å². The third-order valence-corrected chi connectivity index (χ3v) is 5.85. The second kappa shape index (κ2) is 6.27. The van der Waals surface area contributed by atoms with E-state index in [0.29, 0.717) is 10.8 Å². The van der Waals surface area contributed by atoms with E-state index in [4.69, 9.17) is 0 Å². The zero-order chi connectivity index (χ0) is 14.8. The molecule has 2 rings (SSSR count). The van der Waals surface area contributed by atoms with Gasteiger partial charge < -0.3 is 5.32 Å². The lowest BCUT2D eigenvalue weighted by atomic mass is 10.1. The highest BCUT2D eigenvalue weighted by Crippen LogP contribution is 2.34. The summed E-state index contributed by atoms with van der Waals surface area (Å²) in [4.78, 5) is 0.463. The SMILES string of the molecule is CCCNC(CS(=O)(=O)c1ccc(C)c(C)c1)C1CC1. The Kier molecular flexibility index (Phi) is 4.86. The number of hydrogen-bond donors (Lipinski definition) is 1. The van der Waals surface area contributed by atoms with Gasteiger partial charge in [0.05, 0.1) is 10.6 Å². The number of aryl methyl sites for hydroxylation is 2. The fraction of sp³-hybridized carbons (Fsp3) is 0.625. The molecule has 3 nitrogen and oxygen atoms in total. The largest absolute Gasteiger partial charge is 0.313 e. The van der Waals surface area contributed by atoms with Gasteiger partial charge in [-0.3, -0.25) is 0 Å². The van der Waals surface area contributed by atoms with E-state index < -0.39 is 9.84 Å². The summed E-state index contributed by atoms with van der Waals surface area (Å²) in [6, 6.07) is 5.55. The van der Waals surface area contributed by atoms with E-state index >= 15 is 0 Å². The molecule has 4 heteroatoms. The molecule has 0 aromatic heterocycles. The van der Waals surface area contributed by atoms with Gasteiger partial charge in [-0.05, 0) is 68.8 Å². The molecule has 0 saturated heterocycles. The van der Waals surface area contributed by atoms with Crippen LogP contribution in [0.3, 0.4) is 0 Å². The summed E-state index contributed by atoms with van der Waals surface area (Å²) in [5.74, 6) is 0.767. The molecule has 112 valence electrons. The summed E-state index contributed by atoms with van der Waals surface area (Å²) in [5.41, 5.74) is 2.17. The average Bonchev–Trinajstić information content (AvgIpc) is 3.22. The highest BCUT2D eigenvalue weighted by molar-refractivity contribution is 7.91. The van der Waals surface area contributed by atoms with Crippen molar-refractivity contribution in [3.8, 4) is 0 Å². The van der Waals surface area contributed by atoms with Gasteiger partial charge in [0.25, 0.3) is 0 Å². The van der Waals surface area contributed by atoms with Crippen LogP contribution in [0.15, 0.2) is 23.1 Å². The number of nitrogens with one attached hydrogen (secondary N) is 1. The molecule has 1 aliphatic carbocycles. The number of hydrogen-bond acceptors (Lipinski definition) is 3. The van der Waals surface area contributed by atoms with Crippen molar-refractivity contribution in [1.29, 1.82) is 0 Å². The molecule has 0 heterocycles. The molecule has 1 fully saturated rings. The predicted molar refractivity (Wildman–Crippen MR) is 82.8 cm³/mol. The molecular weight excluding hydrogens is 270 g/mol. The first kappa shape index (κ1) is 15.5. The molecule has 20 heavy (non-hydrogen) atoms. The average molecular weight is 295 g/mol. The maximum atomic E-state index is 12.6. The summed E-state index contributed by atoms with van der Waals surface area (Å²) in [5, 5.41) is 3.40. The van der Waals surface area contributed by atoms with Crippen LogP contribution in [-0.2, 0) is 9.84 Å². The highest BCUT2D eigenvalue weighted by Gasteiger charge is 2.34. The molecule has 1 saturated carbocycles. The quantitative estimate of drug-likeness (QED) is 0.841. The Bertz CT molecular complexity index is 562. The van der Waals surface area contributed by atoms with Crippen molar-refractivity contribution in [3.63, 3.8) is 0 Å². The minimum absolute atomic E-state index is 0.113. The van der Waals surface area contributed by atoms with E-state index in [1.807, 2.05) is 19.9 Å². The Morgan fingerprint density at radius 1 is 1.25 bits per heavy atom. The van der Waals surface area contributed by atoms with Gasteiger partial charge in [0.2, 0.25) is 0 Å². The van der Waals surface area contributed by atoms with Crippen LogP contribution < -0.4 is 5.32 Å². The number of sulfone groups is 1. The van der Waals surface area contributed by atoms with Gasteiger partial charge in [-0.25, -0.2) is 8.42 Å². The standard InChI is InChI=1S/C16H25NO2S/c1-4-9-17-16(14-6-7-14)11-20(18,19)15-8-5-12(2)13(3)10-15/h5,8,10,14,16-17H,4,6-7,9,11H2,1-3H3. The zero-order valence-electron chi connectivity index (χ0n) is 12.6. The van der Waals surface area contributed by atoms with Gasteiger partial charge >= 0.3 is 0 Å². The van der Waals surface area contributed by atoms with E-state index in [2.05, 4.69) is 12.2 Å². The molecule has 1 unspecified atom stereocenters. The molecule has 0 amide bonds. The second-order valence-corrected chi connectivity index (χ2v) is 7.96. The lowest BCUT2D eigenvalue weighted by Gasteiger charge is -2.18. The number of benzene rings is 1. The Labute approximate surface area is 122 Å². The predicted octanol–water partition coefficient (Wildman–Crippen LogP) is 2.86. The second-order valence-electron chi connectivity index (χ2n) is 5.93. The van der Waals surface area contributed by atoms with Crippen molar-refractivity contribution in [1.82, 2.24) is 5.32 Å². The molecule has 1 aromatic rings. The first-order valence-electron chi connectivity index (χ1n) is 7.47. The lowest BCUT2D eigenvalue weighted by molar-refractivity contribution is 0.489. The summed E-state index contributed by atoms with van der Waals surface area (Å²) >= 11 is 0. The first-order valence-corrected chi connectivity index (χ1v) is 9.12. The summed E-state index contributed by atoms with van der Waals surface area (Å²) < 4.78 is 25.1. The summed E-state index contributed by atoms with van der Waals surface area (Å²) in [6.07, 6.45) is 3.35. The number of rotatable bonds is 7. The first-order chi connectivity index (χ1) is 9.44. The van der Waals surface area contributed by atoms with Crippen molar-refractivity contribution in [3.05, 3.63) is 29.3 Å². The van der Waals surface area contributed by atoms with Gasteiger partial charge in [-0.2, -0.15) is 0 Å². The van der Waals surface area contributed by atoms with Crippen molar-refractivity contribution in [2.75, 3.05) is 12.3 Å². The topological polar surface area (TPSA) is 46.2 Å². The molecule has 1 atom stereocenters. The molecule has 0 bridgehead atoms. The summed E-state index contributed by atoms with van der Waals surface area (Å²) in [6.45, 7) is 6.96. The van der Waals surface area contributed by atoms with Gasteiger partial charge in [0, 0.05) is 6.04 Å². The van der Waals surface area contributed by atoms with Crippen molar-refractivity contribution >= 4 is 9.84 Å². The van der Waals surface area contributed by atoms with Gasteiger partial charge in [0.1, 0.15) is 0 Å². The van der Waals surface area contributed by atoms with Gasteiger partial charge in [-0.1, -0.05) is 13.0 Å². The van der Waals surface area contributed by atoms with Gasteiger partial charge in [0.15, 0.2) is 9.84 Å². The zero-order valence-corrected chi connectivity index (χ0v) is 13.5. The fourth-order valence-corrected chi connectivity index (χ4v) is 4.12. The van der Waals surface area contributed by atoms with Crippen LogP contribution in [0.1, 0.15) is 37.3 Å². The Hall–Kier alpha value is -0.870. The van der Waals surface area contributed by atoms with Crippen LogP contribution in [0.5, 0.6) is 0 Å². The molecular formula is C16H25NO2S. The van der Waals surface area contributed by atoms with Crippen molar-refractivity contribution < 1.29 is 8.42 Å². The van der Waals surface area contributed by atoms with Crippen LogP contribution >= 0.6 is 0 Å². The van der Waals surface area contributed by atoms with Crippen LogP contribution in [0.2, 0.25) is 0 Å². The Balaban J connectivity index is 2.14. The van der Waals surface area contributed by atoms with E-state index in [9.17, 15) is 8.42 Å². The lowest BCUT2D eigenvalue weighted by Crippen LogP contribution is -2.38. The summed E-state index contributed by atoms with van der Waals surface area (Å²) in [7, 11) is -3.20. The minimum atomic E-state index is -3.20. The third kappa shape index (κ3) is 3.83. The molecule has 0 radical (unpaired) electrons. The van der Waals surface area contributed by atoms with E-state index in [-0.39, 0.29) is 11.8 Å². The third-order valence-electron chi connectivity index (χ3n) is 4.08. The van der Waals surface area contributed by atoms with Crippen LogP contribution in [0, 0.1) is 19.8 Å². The molecule has 1 aromatic carbocycles. The molecule has 0 spiro atoms. The molecule has 0 aliphatic heterocycles. The maximum absolute atomic E-state index is 12.6. The van der Waals surface area contributed by atoms with Crippen LogP contribution in [0.25, 0.3) is 0 Å². The maximum Gasteiger partial charge on any atom is 0.179 e. The smallest absolute Gasteiger partial charge is 0.179 e. The Morgan fingerprint density at radius 3 is 2.50 bits per heavy atom. The molecule has 1 N–H and O–H groups in total. The normalized spacial score (nSPS) is 17.1. The van der Waals surface area contributed by atoms with E-state index in [1.54, 1.807) is 12.1 Å². The van der Waals surface area contributed by atoms with E-state index in [1.165, 1.54) is 0 Å². The fourth-order valence-electron chi connectivity index (χ4n) is 2.43. The van der Waals surface area contributed by atoms with Gasteiger partial charge in [-0.15, -0.1) is 0 Å². The minimum Gasteiger partial charge on any atom is -0.313 e. The van der Waals surface area contributed by atoms with Crippen LogP contribution in [0.4, 0.5) is 0 Å². The highest BCUT2D eigenvalue weighted by atomic mass is 32.2. The van der Waals surface area contributed by atoms with E-state index in [0.717, 1.165) is 36.9 Å². The molecule has 1 aliphatic rings. The van der Waals surface area contributed by atoms with Crippen molar-refractivity contribution in [2.45, 2.75) is 51.0 Å². The monoisotopic (exact) mass is 295 g/mol. The van der Waals surface area contributed by atoms with Crippen molar-refractivity contribution in [2.24, 2.45) is 5.92 Å². The Morgan fingerprint density at radius 2 is 1.95 bits per heavy atom.